The van der Waals surface area contributed by atoms with E-state index in [1.165, 1.54) is 0 Å². The van der Waals surface area contributed by atoms with Gasteiger partial charge in [-0.3, -0.25) is 0 Å². The van der Waals surface area contributed by atoms with Crippen LogP contribution in [0.5, 0.6) is 0 Å². The van der Waals surface area contributed by atoms with Crippen molar-refractivity contribution in [3.8, 4) is 6.07 Å². The molecular formula is C19H20N8. The van der Waals surface area contributed by atoms with E-state index >= 15 is 0 Å². The van der Waals surface area contributed by atoms with Crippen molar-refractivity contribution in [1.82, 2.24) is 25.1 Å². The zero-order chi connectivity index (χ0) is 18.4. The summed E-state index contributed by atoms with van der Waals surface area (Å²) in [5.41, 5.74) is 1.39. The van der Waals surface area contributed by atoms with E-state index in [0.29, 0.717) is 11.6 Å². The van der Waals surface area contributed by atoms with Gasteiger partial charge in [-0.2, -0.15) is 5.26 Å². The highest BCUT2D eigenvalue weighted by Gasteiger charge is 2.47. The number of hydrogen-bond donors (Lipinski definition) is 1. The third kappa shape index (κ3) is 2.58. The molecule has 2 aliphatic rings. The number of rotatable bonds is 2. The summed E-state index contributed by atoms with van der Waals surface area (Å²) < 4.78 is 0. The van der Waals surface area contributed by atoms with Crippen LogP contribution in [0.2, 0.25) is 0 Å². The lowest BCUT2D eigenvalue weighted by atomic mass is 9.75. The smallest absolute Gasteiger partial charge is 0.163 e. The predicted molar refractivity (Wildman–Crippen MR) is 101 cm³/mol. The largest absolute Gasteiger partial charge is 0.355 e. The lowest BCUT2D eigenvalue weighted by Crippen LogP contribution is -2.47. The van der Waals surface area contributed by atoms with Crippen LogP contribution in [0, 0.1) is 22.7 Å². The maximum Gasteiger partial charge on any atom is 0.163 e. The molecule has 0 aromatic carbocycles. The fraction of sp³-hybridized carbons (Fsp3) is 0.421. The number of piperidine rings is 1. The molecule has 2 atom stereocenters. The first-order valence-electron chi connectivity index (χ1n) is 9.18. The normalized spacial score (nSPS) is 24.8. The van der Waals surface area contributed by atoms with Crippen LogP contribution in [0.1, 0.15) is 19.0 Å². The molecule has 2 aliphatic heterocycles. The molecule has 3 aromatic heterocycles. The van der Waals surface area contributed by atoms with Gasteiger partial charge < -0.3 is 14.8 Å². The van der Waals surface area contributed by atoms with Gasteiger partial charge in [-0.1, -0.05) is 6.92 Å². The average Bonchev–Trinajstić information content (AvgIpc) is 3.31. The van der Waals surface area contributed by atoms with Crippen molar-refractivity contribution in [2.24, 2.45) is 11.3 Å². The quantitative estimate of drug-likeness (QED) is 0.746. The molecule has 2 saturated heterocycles. The van der Waals surface area contributed by atoms with Crippen molar-refractivity contribution < 1.29 is 0 Å². The molecule has 0 radical (unpaired) electrons. The highest BCUT2D eigenvalue weighted by molar-refractivity contribution is 5.87. The first-order valence-corrected chi connectivity index (χ1v) is 9.18. The molecule has 5 rings (SSSR count). The minimum absolute atomic E-state index is 0.154. The summed E-state index contributed by atoms with van der Waals surface area (Å²) in [6, 6.07) is 7.71. The Balaban J connectivity index is 1.40. The monoisotopic (exact) mass is 360 g/mol. The summed E-state index contributed by atoms with van der Waals surface area (Å²) in [6.45, 7) is 6.21. The Morgan fingerprint density at radius 3 is 2.89 bits per heavy atom. The van der Waals surface area contributed by atoms with E-state index in [9.17, 15) is 0 Å². The van der Waals surface area contributed by atoms with Crippen LogP contribution in [0.15, 0.2) is 30.7 Å². The van der Waals surface area contributed by atoms with Gasteiger partial charge in [-0.25, -0.2) is 9.97 Å². The Morgan fingerprint density at radius 2 is 2.07 bits per heavy atom. The van der Waals surface area contributed by atoms with Crippen molar-refractivity contribution in [3.05, 3.63) is 36.4 Å². The van der Waals surface area contributed by atoms with Crippen molar-refractivity contribution in [3.63, 3.8) is 0 Å². The number of fused-ring (bicyclic) bond motifs is 2. The van der Waals surface area contributed by atoms with Gasteiger partial charge in [-0.05, 0) is 30.5 Å². The van der Waals surface area contributed by atoms with Gasteiger partial charge in [0.1, 0.15) is 23.9 Å². The number of anilines is 2. The highest BCUT2D eigenvalue weighted by Crippen LogP contribution is 2.44. The van der Waals surface area contributed by atoms with E-state index in [4.69, 9.17) is 5.26 Å². The Hall–Kier alpha value is -3.21. The minimum Gasteiger partial charge on any atom is -0.355 e. The van der Waals surface area contributed by atoms with Gasteiger partial charge >= 0.3 is 0 Å². The fourth-order valence-electron chi connectivity index (χ4n) is 4.58. The van der Waals surface area contributed by atoms with Crippen LogP contribution in [-0.2, 0) is 0 Å². The highest BCUT2D eigenvalue weighted by atomic mass is 15.3. The Morgan fingerprint density at radius 1 is 1.19 bits per heavy atom. The number of nitriles is 1. The van der Waals surface area contributed by atoms with Gasteiger partial charge in [0.25, 0.3) is 0 Å². The van der Waals surface area contributed by atoms with Crippen molar-refractivity contribution in [1.29, 1.82) is 5.26 Å². The second-order valence-corrected chi connectivity index (χ2v) is 7.77. The summed E-state index contributed by atoms with van der Waals surface area (Å²) in [5, 5.41) is 18.2. The molecule has 8 nitrogen and oxygen atoms in total. The molecule has 0 saturated carbocycles. The standard InChI is InChI=1S/C19H20N8/c1-19-10-26(18-15-4-6-21-17(15)22-12-23-18)7-5-13(19)9-27(11-19)16-3-2-14(8-20)24-25-16/h2-4,6,12-13H,5,7,9-11H2,1H3,(H,21,22,23)/t13-,19-/m1/s1. The Bertz CT molecular complexity index is 1020. The van der Waals surface area contributed by atoms with Crippen molar-refractivity contribution >= 4 is 22.7 Å². The fourth-order valence-corrected chi connectivity index (χ4v) is 4.58. The summed E-state index contributed by atoms with van der Waals surface area (Å²) in [6.07, 6.45) is 4.67. The molecule has 0 unspecified atom stereocenters. The van der Waals surface area contributed by atoms with E-state index < -0.39 is 0 Å². The van der Waals surface area contributed by atoms with Gasteiger partial charge in [0.15, 0.2) is 11.5 Å². The second-order valence-electron chi connectivity index (χ2n) is 7.77. The van der Waals surface area contributed by atoms with Gasteiger partial charge in [-0.15, -0.1) is 10.2 Å². The van der Waals surface area contributed by atoms with Gasteiger partial charge in [0.2, 0.25) is 0 Å². The molecule has 0 amide bonds. The molecule has 5 heterocycles. The maximum atomic E-state index is 8.92. The van der Waals surface area contributed by atoms with Gasteiger partial charge in [0, 0.05) is 37.8 Å². The Kier molecular flexibility index (Phi) is 3.50. The van der Waals surface area contributed by atoms with Gasteiger partial charge in [0.05, 0.1) is 5.39 Å². The zero-order valence-corrected chi connectivity index (χ0v) is 15.1. The maximum absolute atomic E-state index is 8.92. The first-order chi connectivity index (χ1) is 13.2. The summed E-state index contributed by atoms with van der Waals surface area (Å²) in [4.78, 5) is 16.7. The minimum atomic E-state index is 0.154. The van der Waals surface area contributed by atoms with Crippen LogP contribution < -0.4 is 9.80 Å². The molecule has 0 aliphatic carbocycles. The third-order valence-corrected chi connectivity index (χ3v) is 6.00. The molecule has 136 valence electrons. The number of aromatic nitrogens is 5. The predicted octanol–water partition coefficient (Wildman–Crippen LogP) is 1.97. The summed E-state index contributed by atoms with van der Waals surface area (Å²) in [5.74, 6) is 2.47. The van der Waals surface area contributed by atoms with E-state index in [2.05, 4.69) is 41.9 Å². The second kappa shape index (κ2) is 5.91. The van der Waals surface area contributed by atoms with E-state index in [1.54, 1.807) is 12.4 Å². The molecule has 3 aromatic rings. The van der Waals surface area contributed by atoms with Crippen LogP contribution >= 0.6 is 0 Å². The number of nitrogens with one attached hydrogen (secondary N) is 1. The van der Waals surface area contributed by atoms with Crippen LogP contribution in [-0.4, -0.2) is 51.3 Å². The molecule has 0 bridgehead atoms. The van der Waals surface area contributed by atoms with E-state index in [1.807, 2.05) is 24.4 Å². The molecular weight excluding hydrogens is 340 g/mol. The van der Waals surface area contributed by atoms with Crippen molar-refractivity contribution in [2.45, 2.75) is 13.3 Å². The SMILES string of the molecule is C[C@@]12CN(c3ccc(C#N)nn3)C[C@H]1CCN(c1ncnc3[nH]ccc13)C2. The van der Waals surface area contributed by atoms with Crippen molar-refractivity contribution in [2.75, 3.05) is 36.0 Å². The molecule has 2 fully saturated rings. The summed E-state index contributed by atoms with van der Waals surface area (Å²) >= 11 is 0. The van der Waals surface area contributed by atoms with Crippen LogP contribution in [0.3, 0.4) is 0 Å². The zero-order valence-electron chi connectivity index (χ0n) is 15.1. The van der Waals surface area contributed by atoms with E-state index in [-0.39, 0.29) is 5.41 Å². The van der Waals surface area contributed by atoms with Crippen LogP contribution in [0.4, 0.5) is 11.6 Å². The molecule has 8 heteroatoms. The average molecular weight is 360 g/mol. The molecule has 27 heavy (non-hydrogen) atoms. The molecule has 1 N–H and O–H groups in total. The first kappa shape index (κ1) is 16.0. The number of H-pyrrole nitrogens is 1. The number of aromatic amines is 1. The lowest BCUT2D eigenvalue weighted by Gasteiger charge is -2.42. The van der Waals surface area contributed by atoms with Crippen LogP contribution in [0.25, 0.3) is 11.0 Å². The summed E-state index contributed by atoms with van der Waals surface area (Å²) in [7, 11) is 0. The molecule has 0 spiro atoms. The Labute approximate surface area is 156 Å². The lowest BCUT2D eigenvalue weighted by molar-refractivity contribution is 0.216. The number of hydrogen-bond acceptors (Lipinski definition) is 7. The third-order valence-electron chi connectivity index (χ3n) is 6.00. The topological polar surface area (TPSA) is 97.6 Å². The van der Waals surface area contributed by atoms with E-state index in [0.717, 1.165) is 55.3 Å². The number of nitrogens with zero attached hydrogens (tertiary/aromatic N) is 7.